The minimum atomic E-state index is -4.63. The molecule has 0 aliphatic carbocycles. The number of alkyl halides is 3. The monoisotopic (exact) mass is 326 g/mol. The quantitative estimate of drug-likeness (QED) is 0.774. The number of amides is 2. The van der Waals surface area contributed by atoms with E-state index in [1.54, 1.807) is 0 Å². The predicted octanol–water partition coefficient (Wildman–Crippen LogP) is 0.827. The van der Waals surface area contributed by atoms with Crippen molar-refractivity contribution < 1.29 is 37.0 Å². The van der Waals surface area contributed by atoms with Crippen molar-refractivity contribution in [2.24, 2.45) is 0 Å². The van der Waals surface area contributed by atoms with Gasteiger partial charge in [0, 0.05) is 6.54 Å². The SMILES string of the molecule is COC(=O)[C@H](C)NC(=O)C1CCCN1C(=O)OCC(F)(F)F. The van der Waals surface area contributed by atoms with E-state index in [-0.39, 0.29) is 13.0 Å². The maximum Gasteiger partial charge on any atom is 0.422 e. The molecule has 1 heterocycles. The first-order valence-corrected chi connectivity index (χ1v) is 6.54. The van der Waals surface area contributed by atoms with Crippen molar-refractivity contribution in [1.82, 2.24) is 10.2 Å². The topological polar surface area (TPSA) is 84.9 Å². The first-order valence-electron chi connectivity index (χ1n) is 6.54. The fraction of sp³-hybridized carbons (Fsp3) is 0.750. The number of methoxy groups -OCH3 is 1. The third-order valence-electron chi connectivity index (χ3n) is 3.06. The third-order valence-corrected chi connectivity index (χ3v) is 3.06. The van der Waals surface area contributed by atoms with E-state index in [2.05, 4.69) is 14.8 Å². The molecular weight excluding hydrogens is 309 g/mol. The van der Waals surface area contributed by atoms with Gasteiger partial charge in [0.25, 0.3) is 0 Å². The number of nitrogens with one attached hydrogen (secondary N) is 1. The average Bonchev–Trinajstić information content (AvgIpc) is 2.92. The van der Waals surface area contributed by atoms with Crippen LogP contribution in [0.4, 0.5) is 18.0 Å². The van der Waals surface area contributed by atoms with E-state index >= 15 is 0 Å². The van der Waals surface area contributed by atoms with Crippen molar-refractivity contribution in [3.8, 4) is 0 Å². The Kier molecular flexibility index (Phi) is 6.01. The summed E-state index contributed by atoms with van der Waals surface area (Å²) in [7, 11) is 1.15. The smallest absolute Gasteiger partial charge is 0.422 e. The second-order valence-corrected chi connectivity index (χ2v) is 4.77. The average molecular weight is 326 g/mol. The lowest BCUT2D eigenvalue weighted by molar-refractivity contribution is -0.162. The fourth-order valence-electron chi connectivity index (χ4n) is 2.03. The van der Waals surface area contributed by atoms with Gasteiger partial charge in [-0.1, -0.05) is 0 Å². The zero-order valence-electron chi connectivity index (χ0n) is 12.1. The molecule has 2 atom stereocenters. The summed E-state index contributed by atoms with van der Waals surface area (Å²) in [6.07, 6.45) is -5.11. The Morgan fingerprint density at radius 3 is 2.55 bits per heavy atom. The van der Waals surface area contributed by atoms with Gasteiger partial charge in [0.2, 0.25) is 5.91 Å². The molecule has 1 rings (SSSR count). The normalized spacial score (nSPS) is 19.5. The lowest BCUT2D eigenvalue weighted by Crippen LogP contribution is -2.50. The van der Waals surface area contributed by atoms with Crippen molar-refractivity contribution in [2.45, 2.75) is 38.0 Å². The Labute approximate surface area is 124 Å². The van der Waals surface area contributed by atoms with Crippen LogP contribution in [-0.2, 0) is 19.1 Å². The van der Waals surface area contributed by atoms with Crippen LogP contribution in [0.5, 0.6) is 0 Å². The van der Waals surface area contributed by atoms with Gasteiger partial charge < -0.3 is 14.8 Å². The number of rotatable bonds is 4. The molecule has 1 N–H and O–H groups in total. The minimum Gasteiger partial charge on any atom is -0.467 e. The van der Waals surface area contributed by atoms with Crippen LogP contribution < -0.4 is 5.32 Å². The van der Waals surface area contributed by atoms with Crippen LogP contribution in [0, 0.1) is 0 Å². The summed E-state index contributed by atoms with van der Waals surface area (Å²) in [5.41, 5.74) is 0. The van der Waals surface area contributed by atoms with Crippen LogP contribution >= 0.6 is 0 Å². The van der Waals surface area contributed by atoms with Gasteiger partial charge in [0.05, 0.1) is 7.11 Å². The molecule has 22 heavy (non-hydrogen) atoms. The number of carbonyl (C=O) groups is 3. The highest BCUT2D eigenvalue weighted by Crippen LogP contribution is 2.21. The van der Waals surface area contributed by atoms with Gasteiger partial charge in [-0.15, -0.1) is 0 Å². The standard InChI is InChI=1S/C12H17F3N2O5/c1-7(10(19)21-2)16-9(18)8-4-3-5-17(8)11(20)22-6-12(13,14)15/h7-8H,3-6H2,1-2H3,(H,16,18)/t7-,8?/m0/s1. The molecule has 2 amide bonds. The van der Waals surface area contributed by atoms with E-state index in [1.807, 2.05) is 0 Å². The molecule has 1 aliphatic rings. The van der Waals surface area contributed by atoms with Crippen molar-refractivity contribution in [3.05, 3.63) is 0 Å². The van der Waals surface area contributed by atoms with E-state index in [0.717, 1.165) is 12.0 Å². The fourth-order valence-corrected chi connectivity index (χ4v) is 2.03. The Balaban J connectivity index is 2.60. The van der Waals surface area contributed by atoms with Crippen LogP contribution in [0.25, 0.3) is 0 Å². The first-order chi connectivity index (χ1) is 10.2. The molecule has 1 unspecified atom stereocenters. The largest absolute Gasteiger partial charge is 0.467 e. The number of hydrogen-bond acceptors (Lipinski definition) is 5. The maximum absolute atomic E-state index is 12.0. The summed E-state index contributed by atoms with van der Waals surface area (Å²) in [5, 5.41) is 2.34. The Morgan fingerprint density at radius 1 is 1.36 bits per heavy atom. The van der Waals surface area contributed by atoms with Gasteiger partial charge in [0.15, 0.2) is 6.61 Å². The van der Waals surface area contributed by atoms with E-state index in [0.29, 0.717) is 6.42 Å². The van der Waals surface area contributed by atoms with Crippen molar-refractivity contribution in [3.63, 3.8) is 0 Å². The maximum atomic E-state index is 12.0. The number of ether oxygens (including phenoxy) is 2. The number of nitrogens with zero attached hydrogens (tertiary/aromatic N) is 1. The molecule has 0 saturated carbocycles. The molecular formula is C12H17F3N2O5. The first kappa shape index (κ1) is 18.1. The van der Waals surface area contributed by atoms with Crippen LogP contribution in [0.1, 0.15) is 19.8 Å². The van der Waals surface area contributed by atoms with Crippen LogP contribution in [0.3, 0.4) is 0 Å². The Hall–Kier alpha value is -2.00. The molecule has 0 aromatic carbocycles. The summed E-state index contributed by atoms with van der Waals surface area (Å²) >= 11 is 0. The molecule has 1 aliphatic heterocycles. The summed E-state index contributed by atoms with van der Waals surface area (Å²) in [6.45, 7) is -0.207. The zero-order chi connectivity index (χ0) is 16.9. The second kappa shape index (κ2) is 7.32. The van der Waals surface area contributed by atoms with Crippen molar-refractivity contribution >= 4 is 18.0 Å². The van der Waals surface area contributed by atoms with E-state index in [4.69, 9.17) is 0 Å². The molecule has 126 valence electrons. The summed E-state index contributed by atoms with van der Waals surface area (Å²) in [4.78, 5) is 35.8. The lowest BCUT2D eigenvalue weighted by Gasteiger charge is -2.24. The molecule has 10 heteroatoms. The molecule has 0 bridgehead atoms. The Morgan fingerprint density at radius 2 is 2.00 bits per heavy atom. The highest BCUT2D eigenvalue weighted by Gasteiger charge is 2.38. The van der Waals surface area contributed by atoms with Crippen molar-refractivity contribution in [2.75, 3.05) is 20.3 Å². The molecule has 1 saturated heterocycles. The number of hydrogen-bond donors (Lipinski definition) is 1. The highest BCUT2D eigenvalue weighted by atomic mass is 19.4. The van der Waals surface area contributed by atoms with Crippen LogP contribution in [0.15, 0.2) is 0 Å². The summed E-state index contributed by atoms with van der Waals surface area (Å²) < 4.78 is 44.7. The molecule has 1 fully saturated rings. The van der Waals surface area contributed by atoms with Crippen LogP contribution in [-0.4, -0.2) is 61.4 Å². The van der Waals surface area contributed by atoms with Gasteiger partial charge in [-0.2, -0.15) is 13.2 Å². The number of halogens is 3. The van der Waals surface area contributed by atoms with Gasteiger partial charge >= 0.3 is 18.2 Å². The number of carbonyl (C=O) groups excluding carboxylic acids is 3. The van der Waals surface area contributed by atoms with Gasteiger partial charge in [-0.05, 0) is 19.8 Å². The lowest BCUT2D eigenvalue weighted by atomic mass is 10.2. The minimum absolute atomic E-state index is 0.112. The predicted molar refractivity (Wildman–Crippen MR) is 66.8 cm³/mol. The van der Waals surface area contributed by atoms with Gasteiger partial charge in [-0.25, -0.2) is 9.59 Å². The zero-order valence-corrected chi connectivity index (χ0v) is 12.1. The number of likely N-dealkylation sites (tertiary alicyclic amines) is 1. The second-order valence-electron chi connectivity index (χ2n) is 4.77. The Bertz CT molecular complexity index is 441. The van der Waals surface area contributed by atoms with E-state index in [9.17, 15) is 27.6 Å². The van der Waals surface area contributed by atoms with Gasteiger partial charge in [0.1, 0.15) is 12.1 Å². The van der Waals surface area contributed by atoms with E-state index in [1.165, 1.54) is 6.92 Å². The third kappa shape index (κ3) is 5.08. The highest BCUT2D eigenvalue weighted by molar-refractivity contribution is 5.89. The summed E-state index contributed by atoms with van der Waals surface area (Å²) in [5.74, 6) is -1.31. The van der Waals surface area contributed by atoms with E-state index < -0.39 is 42.8 Å². The van der Waals surface area contributed by atoms with Gasteiger partial charge in [-0.3, -0.25) is 9.69 Å². The number of esters is 1. The molecule has 0 aromatic heterocycles. The van der Waals surface area contributed by atoms with Crippen LogP contribution in [0.2, 0.25) is 0 Å². The molecule has 0 spiro atoms. The molecule has 0 aromatic rings. The molecule has 0 radical (unpaired) electrons. The van der Waals surface area contributed by atoms with Crippen molar-refractivity contribution in [1.29, 1.82) is 0 Å². The molecule has 7 nitrogen and oxygen atoms in total. The summed E-state index contributed by atoms with van der Waals surface area (Å²) in [6, 6.07) is -1.89.